The maximum Gasteiger partial charge on any atom is 0.229 e. The third kappa shape index (κ3) is 2.11. The molecule has 0 aromatic heterocycles. The van der Waals surface area contributed by atoms with Gasteiger partial charge in [0, 0.05) is 11.7 Å². The van der Waals surface area contributed by atoms with E-state index in [2.05, 4.69) is 24.2 Å². The molecule has 1 heterocycles. The van der Waals surface area contributed by atoms with Gasteiger partial charge in [-0.3, -0.25) is 9.79 Å². The lowest BCUT2D eigenvalue weighted by Gasteiger charge is -2.41. The average molecular weight is 212 g/mol. The molecular weight excluding hydrogens is 196 g/mol. The van der Waals surface area contributed by atoms with Gasteiger partial charge in [0.05, 0.1) is 6.54 Å². The number of thioether (sulfide) groups is 1. The Morgan fingerprint density at radius 1 is 1.57 bits per heavy atom. The molecule has 2 aliphatic rings. The van der Waals surface area contributed by atoms with Crippen molar-refractivity contribution in [2.75, 3.05) is 12.3 Å². The van der Waals surface area contributed by atoms with Crippen molar-refractivity contribution in [1.82, 2.24) is 5.32 Å². The summed E-state index contributed by atoms with van der Waals surface area (Å²) >= 11 is 1.64. The Bertz CT molecular complexity index is 278. The fourth-order valence-corrected chi connectivity index (χ4v) is 2.81. The van der Waals surface area contributed by atoms with Crippen molar-refractivity contribution in [2.24, 2.45) is 16.3 Å². The summed E-state index contributed by atoms with van der Waals surface area (Å²) in [4.78, 5) is 15.9. The summed E-state index contributed by atoms with van der Waals surface area (Å²) in [5.41, 5.74) is 0.368. The fourth-order valence-electron chi connectivity index (χ4n) is 2.08. The summed E-state index contributed by atoms with van der Waals surface area (Å²) in [5.74, 6) is 1.39. The molecule has 78 valence electrons. The third-order valence-electron chi connectivity index (χ3n) is 2.78. The molecule has 0 unspecified atom stereocenters. The molecule has 0 atom stereocenters. The van der Waals surface area contributed by atoms with Crippen LogP contribution in [0.5, 0.6) is 0 Å². The summed E-state index contributed by atoms with van der Waals surface area (Å²) in [6, 6.07) is 0. The molecular formula is C10H16N2OS. The Labute approximate surface area is 88.7 Å². The first-order chi connectivity index (χ1) is 6.57. The van der Waals surface area contributed by atoms with Gasteiger partial charge in [0.1, 0.15) is 0 Å². The molecule has 0 saturated heterocycles. The largest absolute Gasteiger partial charge is 0.305 e. The van der Waals surface area contributed by atoms with Gasteiger partial charge in [0.25, 0.3) is 0 Å². The number of amides is 1. The maximum atomic E-state index is 11.7. The summed E-state index contributed by atoms with van der Waals surface area (Å²) in [6.07, 6.45) is 2.02. The summed E-state index contributed by atoms with van der Waals surface area (Å²) in [6.45, 7) is 5.26. The van der Waals surface area contributed by atoms with E-state index < -0.39 is 0 Å². The van der Waals surface area contributed by atoms with Crippen LogP contribution < -0.4 is 5.32 Å². The molecule has 2 rings (SSSR count). The van der Waals surface area contributed by atoms with Crippen LogP contribution in [0.2, 0.25) is 0 Å². The van der Waals surface area contributed by atoms with Gasteiger partial charge in [0.2, 0.25) is 5.91 Å². The quantitative estimate of drug-likeness (QED) is 0.718. The zero-order chi connectivity index (χ0) is 10.2. The lowest BCUT2D eigenvalue weighted by Crippen LogP contribution is -2.43. The van der Waals surface area contributed by atoms with Crippen LogP contribution in [-0.4, -0.2) is 23.4 Å². The van der Waals surface area contributed by atoms with Crippen LogP contribution >= 0.6 is 11.8 Å². The molecule has 4 heteroatoms. The zero-order valence-electron chi connectivity index (χ0n) is 8.67. The van der Waals surface area contributed by atoms with Crippen LogP contribution in [0.15, 0.2) is 4.99 Å². The predicted octanol–water partition coefficient (Wildman–Crippen LogP) is 1.64. The van der Waals surface area contributed by atoms with Crippen molar-refractivity contribution >= 4 is 22.8 Å². The van der Waals surface area contributed by atoms with Gasteiger partial charge in [-0.2, -0.15) is 0 Å². The lowest BCUT2D eigenvalue weighted by molar-refractivity contribution is -0.129. The van der Waals surface area contributed by atoms with Crippen LogP contribution in [0.3, 0.4) is 0 Å². The Morgan fingerprint density at radius 3 is 2.79 bits per heavy atom. The van der Waals surface area contributed by atoms with Gasteiger partial charge >= 0.3 is 0 Å². The highest BCUT2D eigenvalue weighted by Gasteiger charge is 2.40. The number of nitrogens with one attached hydrogen (secondary N) is 1. The second kappa shape index (κ2) is 3.57. The van der Waals surface area contributed by atoms with E-state index in [-0.39, 0.29) is 11.8 Å². The number of carbonyl (C=O) groups excluding carboxylic acids is 1. The first-order valence-corrected chi connectivity index (χ1v) is 6.03. The smallest absolute Gasteiger partial charge is 0.229 e. The van der Waals surface area contributed by atoms with Gasteiger partial charge < -0.3 is 5.32 Å². The van der Waals surface area contributed by atoms with Gasteiger partial charge in [-0.1, -0.05) is 25.6 Å². The second-order valence-corrected chi connectivity index (χ2v) is 5.88. The van der Waals surface area contributed by atoms with E-state index in [1.165, 1.54) is 0 Å². The number of aliphatic imine (C=N–C) groups is 1. The van der Waals surface area contributed by atoms with E-state index in [4.69, 9.17) is 0 Å². The Kier molecular flexibility index (Phi) is 2.56. The number of hydrogen-bond donors (Lipinski definition) is 1. The molecule has 1 aliphatic heterocycles. The highest BCUT2D eigenvalue weighted by atomic mass is 32.2. The van der Waals surface area contributed by atoms with Crippen LogP contribution in [0.1, 0.15) is 26.7 Å². The molecule has 3 nitrogen and oxygen atoms in total. The number of nitrogens with zero attached hydrogens (tertiary/aromatic N) is 1. The highest BCUT2D eigenvalue weighted by Crippen LogP contribution is 2.44. The fraction of sp³-hybridized carbons (Fsp3) is 0.800. The summed E-state index contributed by atoms with van der Waals surface area (Å²) < 4.78 is 0. The third-order valence-corrected chi connectivity index (χ3v) is 3.68. The van der Waals surface area contributed by atoms with Crippen molar-refractivity contribution in [3.8, 4) is 0 Å². The standard InChI is InChI=1S/C10H16N2OS/c1-10(2)5-7(6-10)8(13)12-9-11-3-4-14-9/h7H,3-6H2,1-2H3,(H,11,12,13). The van der Waals surface area contributed by atoms with Crippen molar-refractivity contribution < 1.29 is 4.79 Å². The van der Waals surface area contributed by atoms with Gasteiger partial charge in [0.15, 0.2) is 5.17 Å². The van der Waals surface area contributed by atoms with Crippen LogP contribution in [0.25, 0.3) is 0 Å². The molecule has 0 aromatic carbocycles. The van der Waals surface area contributed by atoms with E-state index >= 15 is 0 Å². The van der Waals surface area contributed by atoms with E-state index in [9.17, 15) is 4.79 Å². The molecule has 1 aliphatic carbocycles. The SMILES string of the molecule is CC1(C)CC(C(=O)NC2=NCCS2)C1. The van der Waals surface area contributed by atoms with Crippen molar-refractivity contribution in [3.05, 3.63) is 0 Å². The van der Waals surface area contributed by atoms with Crippen molar-refractivity contribution in [3.63, 3.8) is 0 Å². The monoisotopic (exact) mass is 212 g/mol. The van der Waals surface area contributed by atoms with Crippen molar-refractivity contribution in [2.45, 2.75) is 26.7 Å². The van der Waals surface area contributed by atoms with Crippen molar-refractivity contribution in [1.29, 1.82) is 0 Å². The first-order valence-electron chi connectivity index (χ1n) is 5.05. The highest BCUT2D eigenvalue weighted by molar-refractivity contribution is 8.14. The molecule has 1 amide bonds. The maximum absolute atomic E-state index is 11.7. The predicted molar refractivity (Wildman–Crippen MR) is 59.4 cm³/mol. The van der Waals surface area contributed by atoms with Crippen LogP contribution in [0, 0.1) is 11.3 Å². The molecule has 0 spiro atoms. The Morgan fingerprint density at radius 2 is 2.29 bits per heavy atom. The molecule has 1 saturated carbocycles. The minimum absolute atomic E-state index is 0.164. The molecule has 0 aromatic rings. The second-order valence-electron chi connectivity index (χ2n) is 4.79. The number of hydrogen-bond acceptors (Lipinski definition) is 3. The normalized spacial score (nSPS) is 25.4. The van der Waals surface area contributed by atoms with E-state index in [1.807, 2.05) is 0 Å². The van der Waals surface area contributed by atoms with Gasteiger partial charge in [-0.25, -0.2) is 0 Å². The van der Waals surface area contributed by atoms with E-state index in [1.54, 1.807) is 11.8 Å². The first kappa shape index (κ1) is 10.0. The average Bonchev–Trinajstić information content (AvgIpc) is 2.52. The minimum atomic E-state index is 0.164. The number of rotatable bonds is 1. The summed E-state index contributed by atoms with van der Waals surface area (Å²) in [5, 5.41) is 3.71. The summed E-state index contributed by atoms with van der Waals surface area (Å²) in [7, 11) is 0. The Balaban J connectivity index is 1.80. The molecule has 0 bridgehead atoms. The number of amidine groups is 1. The van der Waals surface area contributed by atoms with Crippen LogP contribution in [-0.2, 0) is 4.79 Å². The van der Waals surface area contributed by atoms with Gasteiger partial charge in [-0.15, -0.1) is 0 Å². The Hall–Kier alpha value is -0.510. The lowest BCUT2D eigenvalue weighted by atomic mass is 9.64. The van der Waals surface area contributed by atoms with E-state index in [0.29, 0.717) is 5.41 Å². The van der Waals surface area contributed by atoms with Gasteiger partial charge in [-0.05, 0) is 18.3 Å². The molecule has 1 fully saturated rings. The number of carbonyl (C=O) groups is 1. The van der Waals surface area contributed by atoms with E-state index in [0.717, 1.165) is 30.3 Å². The van der Waals surface area contributed by atoms with Crippen LogP contribution in [0.4, 0.5) is 0 Å². The molecule has 0 radical (unpaired) electrons. The zero-order valence-corrected chi connectivity index (χ0v) is 9.49. The minimum Gasteiger partial charge on any atom is -0.305 e. The molecule has 1 N–H and O–H groups in total. The topological polar surface area (TPSA) is 41.5 Å². The molecule has 14 heavy (non-hydrogen) atoms.